The van der Waals surface area contributed by atoms with Gasteiger partial charge in [0, 0.05) is 3.57 Å². The maximum atomic E-state index is 11.5. The number of ether oxygens (including phenoxy) is 1. The first kappa shape index (κ1) is 12.3. The van der Waals surface area contributed by atoms with Gasteiger partial charge in [-0.05, 0) is 41.6 Å². The minimum Gasteiger partial charge on any atom is -0.462 e. The Kier molecular flexibility index (Phi) is 4.36. The normalized spacial score (nSPS) is 9.47. The quantitative estimate of drug-likeness (QED) is 0.617. The van der Waals surface area contributed by atoms with Crippen molar-refractivity contribution in [2.24, 2.45) is 0 Å². The molecule has 0 saturated heterocycles. The number of carbonyl (C=O) groups excluding carboxylic acids is 1. The highest BCUT2D eigenvalue weighted by Crippen LogP contribution is 2.24. The molecule has 3 nitrogen and oxygen atoms in total. The Morgan fingerprint density at radius 3 is 2.87 bits per heavy atom. The van der Waals surface area contributed by atoms with Crippen molar-refractivity contribution >= 4 is 40.2 Å². The van der Waals surface area contributed by atoms with E-state index in [1.807, 2.05) is 28.7 Å². The van der Waals surface area contributed by atoms with E-state index in [9.17, 15) is 4.79 Å². The first-order valence-electron chi connectivity index (χ1n) is 4.16. The fourth-order valence-corrected chi connectivity index (χ4v) is 1.88. The summed E-state index contributed by atoms with van der Waals surface area (Å²) in [4.78, 5) is 11.5. The highest BCUT2D eigenvalue weighted by molar-refractivity contribution is 14.1. The molecule has 0 atom stereocenters. The highest BCUT2D eigenvalue weighted by Gasteiger charge is 2.15. The van der Waals surface area contributed by atoms with E-state index in [1.165, 1.54) is 0 Å². The summed E-state index contributed by atoms with van der Waals surface area (Å²) in [5.74, 6) is -0.502. The largest absolute Gasteiger partial charge is 0.462 e. The number of nitrogens with zero attached hydrogens (tertiary/aromatic N) is 1. The predicted molar refractivity (Wildman–Crippen MR) is 64.8 cm³/mol. The summed E-state index contributed by atoms with van der Waals surface area (Å²) in [6, 6.07) is 5.14. The smallest absolute Gasteiger partial charge is 0.339 e. The Morgan fingerprint density at radius 1 is 1.67 bits per heavy atom. The number of hydrogen-bond acceptors (Lipinski definition) is 3. The lowest BCUT2D eigenvalue weighted by molar-refractivity contribution is 0.0526. The van der Waals surface area contributed by atoms with E-state index in [2.05, 4.69) is 0 Å². The Balaban J connectivity index is 3.24. The molecule has 0 N–H and O–H groups in total. The summed E-state index contributed by atoms with van der Waals surface area (Å²) in [5, 5.41) is 8.94. The maximum Gasteiger partial charge on any atom is 0.339 e. The molecule has 0 aliphatic rings. The second-order valence-electron chi connectivity index (χ2n) is 2.65. The van der Waals surface area contributed by atoms with Crippen molar-refractivity contribution in [2.45, 2.75) is 6.92 Å². The van der Waals surface area contributed by atoms with Gasteiger partial charge in [-0.25, -0.2) is 4.79 Å². The first-order valence-corrected chi connectivity index (χ1v) is 5.62. The van der Waals surface area contributed by atoms with E-state index < -0.39 is 5.97 Å². The lowest BCUT2D eigenvalue weighted by Crippen LogP contribution is -2.06. The molecule has 0 saturated carbocycles. The van der Waals surface area contributed by atoms with Crippen molar-refractivity contribution in [3.63, 3.8) is 0 Å². The van der Waals surface area contributed by atoms with Crippen molar-refractivity contribution in [3.05, 3.63) is 31.9 Å². The number of benzene rings is 1. The fourth-order valence-electron chi connectivity index (χ4n) is 1.03. The number of halogens is 2. The Labute approximate surface area is 106 Å². The SMILES string of the molecule is CCOC(=O)c1cc(I)cc(C#N)c1Cl. The van der Waals surface area contributed by atoms with Crippen LogP contribution in [0, 0.1) is 14.9 Å². The zero-order valence-electron chi connectivity index (χ0n) is 7.88. The molecule has 78 valence electrons. The minimum absolute atomic E-state index is 0.149. The molecule has 0 bridgehead atoms. The zero-order chi connectivity index (χ0) is 11.4. The summed E-state index contributed by atoms with van der Waals surface area (Å²) >= 11 is 7.90. The molecule has 1 aromatic rings. The predicted octanol–water partition coefficient (Wildman–Crippen LogP) is 2.99. The number of carbonyl (C=O) groups is 1. The molecule has 0 unspecified atom stereocenters. The number of hydrogen-bond donors (Lipinski definition) is 0. The van der Waals surface area contributed by atoms with E-state index in [4.69, 9.17) is 21.6 Å². The monoisotopic (exact) mass is 335 g/mol. The molecule has 1 rings (SSSR count). The van der Waals surface area contributed by atoms with Crippen LogP contribution in [0.2, 0.25) is 5.02 Å². The van der Waals surface area contributed by atoms with Crippen LogP contribution in [0.15, 0.2) is 12.1 Å². The number of esters is 1. The molecule has 0 aliphatic heterocycles. The van der Waals surface area contributed by atoms with Crippen molar-refractivity contribution in [1.29, 1.82) is 5.26 Å². The Bertz CT molecular complexity index is 440. The van der Waals surface area contributed by atoms with E-state index >= 15 is 0 Å². The van der Waals surface area contributed by atoms with Gasteiger partial charge in [-0.2, -0.15) is 5.26 Å². The van der Waals surface area contributed by atoms with Crippen LogP contribution in [0.5, 0.6) is 0 Å². The van der Waals surface area contributed by atoms with Gasteiger partial charge in [0.15, 0.2) is 0 Å². The summed E-state index contributed by atoms with van der Waals surface area (Å²) in [5.41, 5.74) is 0.522. The molecule has 0 aromatic heterocycles. The van der Waals surface area contributed by atoms with E-state index in [0.717, 1.165) is 3.57 Å². The summed E-state index contributed by atoms with van der Waals surface area (Å²) < 4.78 is 5.60. The third-order valence-corrected chi connectivity index (χ3v) is 2.68. The summed E-state index contributed by atoms with van der Waals surface area (Å²) in [6.07, 6.45) is 0. The summed E-state index contributed by atoms with van der Waals surface area (Å²) in [6.45, 7) is 1.99. The van der Waals surface area contributed by atoms with E-state index in [-0.39, 0.29) is 22.8 Å². The number of nitriles is 1. The molecule has 0 heterocycles. The van der Waals surface area contributed by atoms with Gasteiger partial charge < -0.3 is 4.74 Å². The molecule has 0 aliphatic carbocycles. The van der Waals surface area contributed by atoms with Crippen molar-refractivity contribution < 1.29 is 9.53 Å². The van der Waals surface area contributed by atoms with Gasteiger partial charge in [-0.3, -0.25) is 0 Å². The van der Waals surface area contributed by atoms with Crippen LogP contribution in [-0.2, 0) is 4.74 Å². The standard InChI is InChI=1S/C10H7ClINO2/c1-2-15-10(14)8-4-7(12)3-6(5-13)9(8)11/h3-4H,2H2,1H3. The molecule has 0 amide bonds. The first-order chi connectivity index (χ1) is 7.10. The van der Waals surface area contributed by atoms with Crippen LogP contribution in [0.4, 0.5) is 0 Å². The van der Waals surface area contributed by atoms with Gasteiger partial charge in [0.25, 0.3) is 0 Å². The van der Waals surface area contributed by atoms with E-state index in [1.54, 1.807) is 19.1 Å². The van der Waals surface area contributed by atoms with Gasteiger partial charge in [0.2, 0.25) is 0 Å². The van der Waals surface area contributed by atoms with Gasteiger partial charge >= 0.3 is 5.97 Å². The summed E-state index contributed by atoms with van der Waals surface area (Å²) in [7, 11) is 0. The van der Waals surface area contributed by atoms with Crippen LogP contribution in [0.25, 0.3) is 0 Å². The maximum absolute atomic E-state index is 11.5. The Hall–Kier alpha value is -0.800. The lowest BCUT2D eigenvalue weighted by atomic mass is 10.1. The lowest BCUT2D eigenvalue weighted by Gasteiger charge is -2.05. The van der Waals surface area contributed by atoms with Gasteiger partial charge in [0.1, 0.15) is 6.07 Å². The van der Waals surface area contributed by atoms with Crippen LogP contribution in [-0.4, -0.2) is 12.6 Å². The number of rotatable bonds is 2. The zero-order valence-corrected chi connectivity index (χ0v) is 10.8. The topological polar surface area (TPSA) is 50.1 Å². The molecule has 0 spiro atoms. The van der Waals surface area contributed by atoms with Crippen LogP contribution < -0.4 is 0 Å². The third-order valence-electron chi connectivity index (χ3n) is 1.65. The molecule has 0 fully saturated rings. The van der Waals surface area contributed by atoms with Crippen molar-refractivity contribution in [2.75, 3.05) is 6.61 Å². The average Bonchev–Trinajstić information content (AvgIpc) is 2.21. The molecular weight excluding hydrogens is 328 g/mol. The van der Waals surface area contributed by atoms with Crippen LogP contribution >= 0.6 is 34.2 Å². The average molecular weight is 336 g/mol. The van der Waals surface area contributed by atoms with Gasteiger partial charge in [-0.1, -0.05) is 11.6 Å². The van der Waals surface area contributed by atoms with Crippen molar-refractivity contribution in [1.82, 2.24) is 0 Å². The molecule has 5 heteroatoms. The molecule has 15 heavy (non-hydrogen) atoms. The van der Waals surface area contributed by atoms with E-state index in [0.29, 0.717) is 0 Å². The second-order valence-corrected chi connectivity index (χ2v) is 4.27. The highest BCUT2D eigenvalue weighted by atomic mass is 127. The van der Waals surface area contributed by atoms with Gasteiger partial charge in [0.05, 0.1) is 22.8 Å². The molecule has 1 aromatic carbocycles. The molecular formula is C10H7ClINO2. The third kappa shape index (κ3) is 2.83. The fraction of sp³-hybridized carbons (Fsp3) is 0.200. The second kappa shape index (κ2) is 5.33. The van der Waals surface area contributed by atoms with Crippen molar-refractivity contribution in [3.8, 4) is 6.07 Å². The Morgan fingerprint density at radius 2 is 2.33 bits per heavy atom. The van der Waals surface area contributed by atoms with Crippen LogP contribution in [0.1, 0.15) is 22.8 Å². The van der Waals surface area contributed by atoms with Crippen LogP contribution in [0.3, 0.4) is 0 Å². The minimum atomic E-state index is -0.502. The molecule has 0 radical (unpaired) electrons. The van der Waals surface area contributed by atoms with Gasteiger partial charge in [-0.15, -0.1) is 0 Å².